The first kappa shape index (κ1) is 12.4. The number of aldehydes is 1. The lowest BCUT2D eigenvalue weighted by atomic mass is 10.3. The highest BCUT2D eigenvalue weighted by Crippen LogP contribution is 2.32. The van der Waals surface area contributed by atoms with Crippen molar-refractivity contribution in [3.05, 3.63) is 40.0 Å². The van der Waals surface area contributed by atoms with Gasteiger partial charge in [-0.3, -0.25) is 9.48 Å². The fourth-order valence-corrected chi connectivity index (χ4v) is 3.14. The van der Waals surface area contributed by atoms with Gasteiger partial charge in [0.05, 0.1) is 11.3 Å². The molecule has 0 atom stereocenters. The molecule has 0 N–H and O–H groups in total. The van der Waals surface area contributed by atoms with Crippen LogP contribution in [0.3, 0.4) is 0 Å². The summed E-state index contributed by atoms with van der Waals surface area (Å²) in [6, 6.07) is 7.96. The maximum Gasteiger partial charge on any atom is 0.154 e. The van der Waals surface area contributed by atoms with E-state index < -0.39 is 0 Å². The second kappa shape index (κ2) is 5.06. The Kier molecular flexibility index (Phi) is 3.69. The highest BCUT2D eigenvalue weighted by atomic mass is 79.9. The number of benzene rings is 1. The van der Waals surface area contributed by atoms with Gasteiger partial charge in [-0.15, -0.1) is 0 Å². The van der Waals surface area contributed by atoms with Crippen LogP contribution in [0.5, 0.6) is 0 Å². The van der Waals surface area contributed by atoms with Gasteiger partial charge in [0.1, 0.15) is 5.03 Å². The molecule has 0 bridgehead atoms. The van der Waals surface area contributed by atoms with Gasteiger partial charge < -0.3 is 0 Å². The number of hydrogen-bond acceptors (Lipinski definition) is 3. The van der Waals surface area contributed by atoms with Gasteiger partial charge in [0.25, 0.3) is 0 Å². The van der Waals surface area contributed by atoms with E-state index in [0.717, 1.165) is 26.4 Å². The second-order valence-electron chi connectivity index (χ2n) is 3.61. The molecule has 88 valence electrons. The molecule has 0 aliphatic carbocycles. The predicted molar refractivity (Wildman–Crippen MR) is 71.6 cm³/mol. The lowest BCUT2D eigenvalue weighted by molar-refractivity contribution is 0.112. The lowest BCUT2D eigenvalue weighted by Crippen LogP contribution is -1.93. The number of hydrogen-bond donors (Lipinski definition) is 0. The average molecular weight is 311 g/mol. The monoisotopic (exact) mass is 310 g/mol. The molecule has 0 unspecified atom stereocenters. The van der Waals surface area contributed by atoms with Crippen molar-refractivity contribution in [3.8, 4) is 0 Å². The van der Waals surface area contributed by atoms with Gasteiger partial charge in [0.15, 0.2) is 6.29 Å². The standard InChI is InChI=1S/C12H11BrN2OS/c1-8-11(7-16)12(15(2)14-8)17-10-5-3-4-9(13)6-10/h3-7H,1-2H3. The molecule has 0 radical (unpaired) electrons. The minimum absolute atomic E-state index is 0.664. The van der Waals surface area contributed by atoms with Gasteiger partial charge in [0, 0.05) is 16.4 Å². The zero-order valence-electron chi connectivity index (χ0n) is 9.48. The predicted octanol–water partition coefficient (Wildman–Crippen LogP) is 3.45. The smallest absolute Gasteiger partial charge is 0.154 e. The topological polar surface area (TPSA) is 34.9 Å². The summed E-state index contributed by atoms with van der Waals surface area (Å²) in [5.74, 6) is 0. The number of aryl methyl sites for hydroxylation is 2. The molecule has 1 aromatic heterocycles. The molecule has 0 saturated heterocycles. The number of halogens is 1. The minimum atomic E-state index is 0.664. The van der Waals surface area contributed by atoms with Gasteiger partial charge >= 0.3 is 0 Å². The van der Waals surface area contributed by atoms with Crippen LogP contribution in [0.25, 0.3) is 0 Å². The Morgan fingerprint density at radius 1 is 1.47 bits per heavy atom. The van der Waals surface area contributed by atoms with Crippen molar-refractivity contribution in [2.75, 3.05) is 0 Å². The van der Waals surface area contributed by atoms with E-state index >= 15 is 0 Å². The zero-order valence-corrected chi connectivity index (χ0v) is 11.9. The zero-order chi connectivity index (χ0) is 12.4. The van der Waals surface area contributed by atoms with E-state index in [1.165, 1.54) is 11.8 Å². The summed E-state index contributed by atoms with van der Waals surface area (Å²) in [5, 5.41) is 5.12. The van der Waals surface area contributed by atoms with Crippen molar-refractivity contribution in [3.63, 3.8) is 0 Å². The Bertz CT molecular complexity index is 566. The van der Waals surface area contributed by atoms with E-state index in [2.05, 4.69) is 21.0 Å². The van der Waals surface area contributed by atoms with E-state index in [-0.39, 0.29) is 0 Å². The molecule has 0 saturated carbocycles. The van der Waals surface area contributed by atoms with E-state index in [0.29, 0.717) is 5.56 Å². The number of aromatic nitrogens is 2. The highest BCUT2D eigenvalue weighted by molar-refractivity contribution is 9.10. The summed E-state index contributed by atoms with van der Waals surface area (Å²) < 4.78 is 2.76. The molecule has 1 aromatic carbocycles. The molecule has 0 fully saturated rings. The maximum atomic E-state index is 11.0. The van der Waals surface area contributed by atoms with Crippen LogP contribution in [0.2, 0.25) is 0 Å². The van der Waals surface area contributed by atoms with E-state index in [1.54, 1.807) is 4.68 Å². The third kappa shape index (κ3) is 2.61. The summed E-state index contributed by atoms with van der Waals surface area (Å²) in [5.41, 5.74) is 1.43. The molecule has 0 aliphatic heterocycles. The Hall–Kier alpha value is -1.07. The largest absolute Gasteiger partial charge is 0.298 e. The Labute approximate surface area is 112 Å². The van der Waals surface area contributed by atoms with Crippen LogP contribution in [0, 0.1) is 6.92 Å². The van der Waals surface area contributed by atoms with Gasteiger partial charge in [-0.1, -0.05) is 33.8 Å². The van der Waals surface area contributed by atoms with Crippen LogP contribution < -0.4 is 0 Å². The van der Waals surface area contributed by atoms with Crippen LogP contribution >= 0.6 is 27.7 Å². The van der Waals surface area contributed by atoms with Crippen LogP contribution in [-0.4, -0.2) is 16.1 Å². The van der Waals surface area contributed by atoms with Gasteiger partial charge in [-0.2, -0.15) is 5.10 Å². The second-order valence-corrected chi connectivity index (χ2v) is 5.58. The summed E-state index contributed by atoms with van der Waals surface area (Å²) in [7, 11) is 1.85. The van der Waals surface area contributed by atoms with Crippen LogP contribution in [-0.2, 0) is 7.05 Å². The van der Waals surface area contributed by atoms with Crippen LogP contribution in [0.4, 0.5) is 0 Å². The average Bonchev–Trinajstić information content (AvgIpc) is 2.53. The van der Waals surface area contributed by atoms with Crippen molar-refractivity contribution in [2.45, 2.75) is 16.8 Å². The molecule has 1 heterocycles. The first-order chi connectivity index (χ1) is 8.11. The SMILES string of the molecule is Cc1nn(C)c(Sc2cccc(Br)c2)c1C=O. The molecule has 0 aliphatic rings. The molecule has 17 heavy (non-hydrogen) atoms. The van der Waals surface area contributed by atoms with Gasteiger partial charge in [0.2, 0.25) is 0 Å². The number of carbonyl (C=O) groups excluding carboxylic acids is 1. The number of rotatable bonds is 3. The van der Waals surface area contributed by atoms with Crippen molar-refractivity contribution in [2.24, 2.45) is 7.05 Å². The fourth-order valence-electron chi connectivity index (χ4n) is 1.55. The number of carbonyl (C=O) groups is 1. The van der Waals surface area contributed by atoms with Crippen molar-refractivity contribution in [1.29, 1.82) is 0 Å². The first-order valence-electron chi connectivity index (χ1n) is 5.04. The molecule has 3 nitrogen and oxygen atoms in total. The van der Waals surface area contributed by atoms with E-state index in [1.807, 2.05) is 38.2 Å². The fraction of sp³-hybridized carbons (Fsp3) is 0.167. The Balaban J connectivity index is 2.39. The minimum Gasteiger partial charge on any atom is -0.298 e. The third-order valence-corrected chi connectivity index (χ3v) is 4.00. The summed E-state index contributed by atoms with van der Waals surface area (Å²) in [6.07, 6.45) is 0.864. The molecule has 0 amide bonds. The lowest BCUT2D eigenvalue weighted by Gasteiger charge is -2.03. The maximum absolute atomic E-state index is 11.0. The highest BCUT2D eigenvalue weighted by Gasteiger charge is 2.13. The van der Waals surface area contributed by atoms with Crippen molar-refractivity contribution < 1.29 is 4.79 Å². The molecule has 5 heteroatoms. The molecule has 2 rings (SSSR count). The third-order valence-electron chi connectivity index (χ3n) is 2.34. The Morgan fingerprint density at radius 2 is 2.24 bits per heavy atom. The molecule has 2 aromatic rings. The van der Waals surface area contributed by atoms with Gasteiger partial charge in [-0.25, -0.2) is 0 Å². The Morgan fingerprint density at radius 3 is 2.88 bits per heavy atom. The first-order valence-corrected chi connectivity index (χ1v) is 6.65. The molecular formula is C12H11BrN2OS. The summed E-state index contributed by atoms with van der Waals surface area (Å²) >= 11 is 4.97. The van der Waals surface area contributed by atoms with Crippen molar-refractivity contribution in [1.82, 2.24) is 9.78 Å². The van der Waals surface area contributed by atoms with E-state index in [9.17, 15) is 4.79 Å². The quantitative estimate of drug-likeness (QED) is 0.814. The molecule has 0 spiro atoms. The number of nitrogens with zero attached hydrogens (tertiary/aromatic N) is 2. The van der Waals surface area contributed by atoms with Crippen molar-refractivity contribution >= 4 is 34.0 Å². The van der Waals surface area contributed by atoms with E-state index in [4.69, 9.17) is 0 Å². The summed E-state index contributed by atoms with van der Waals surface area (Å²) in [4.78, 5) is 12.1. The normalized spacial score (nSPS) is 10.5. The van der Waals surface area contributed by atoms with Gasteiger partial charge in [-0.05, 0) is 25.1 Å². The van der Waals surface area contributed by atoms with Crippen LogP contribution in [0.1, 0.15) is 16.1 Å². The van der Waals surface area contributed by atoms with Crippen LogP contribution in [0.15, 0.2) is 38.7 Å². The summed E-state index contributed by atoms with van der Waals surface area (Å²) in [6.45, 7) is 1.84. The molecular weight excluding hydrogens is 300 g/mol.